The minimum atomic E-state index is -0.145. The van der Waals surface area contributed by atoms with Gasteiger partial charge in [-0.25, -0.2) is 4.39 Å². The van der Waals surface area contributed by atoms with Gasteiger partial charge in [0.1, 0.15) is 5.82 Å². The van der Waals surface area contributed by atoms with Gasteiger partial charge in [0.25, 0.3) is 0 Å². The summed E-state index contributed by atoms with van der Waals surface area (Å²) in [4.78, 5) is 2.42. The molecule has 1 aromatic carbocycles. The standard InChI is InChI=1S/C17H27FN2/c1-3-19-17(15-8-5-9-16(18)12-15)10-11-20(2)13-14-6-4-7-14/h5,8-9,12,14,17,19H,3-4,6-7,10-11,13H2,1-2H3. The average molecular weight is 278 g/mol. The van der Waals surface area contributed by atoms with E-state index in [0.29, 0.717) is 0 Å². The monoisotopic (exact) mass is 278 g/mol. The molecule has 1 aliphatic carbocycles. The molecule has 0 radical (unpaired) electrons. The lowest BCUT2D eigenvalue weighted by molar-refractivity contribution is 0.199. The van der Waals surface area contributed by atoms with Gasteiger partial charge in [-0.05, 0) is 63.0 Å². The van der Waals surface area contributed by atoms with Crippen LogP contribution in [0.3, 0.4) is 0 Å². The van der Waals surface area contributed by atoms with E-state index < -0.39 is 0 Å². The van der Waals surface area contributed by atoms with Gasteiger partial charge in [-0.3, -0.25) is 0 Å². The average Bonchev–Trinajstić information content (AvgIpc) is 2.39. The highest BCUT2D eigenvalue weighted by Gasteiger charge is 2.19. The molecule has 0 spiro atoms. The maximum atomic E-state index is 13.4. The number of benzene rings is 1. The molecule has 3 heteroatoms. The molecule has 2 rings (SSSR count). The van der Waals surface area contributed by atoms with E-state index in [1.807, 2.05) is 6.07 Å². The molecule has 1 unspecified atom stereocenters. The maximum Gasteiger partial charge on any atom is 0.123 e. The molecule has 0 aliphatic heterocycles. The summed E-state index contributed by atoms with van der Waals surface area (Å²) in [5, 5.41) is 3.47. The summed E-state index contributed by atoms with van der Waals surface area (Å²) in [5.41, 5.74) is 1.06. The molecule has 0 aromatic heterocycles. The van der Waals surface area contributed by atoms with E-state index in [-0.39, 0.29) is 11.9 Å². The van der Waals surface area contributed by atoms with Crippen molar-refractivity contribution in [2.75, 3.05) is 26.7 Å². The van der Waals surface area contributed by atoms with Crippen molar-refractivity contribution in [1.29, 1.82) is 0 Å². The van der Waals surface area contributed by atoms with Crippen LogP contribution in [0.5, 0.6) is 0 Å². The number of halogens is 1. The van der Waals surface area contributed by atoms with Crippen molar-refractivity contribution < 1.29 is 4.39 Å². The lowest BCUT2D eigenvalue weighted by Gasteiger charge is -2.31. The van der Waals surface area contributed by atoms with Crippen LogP contribution in [-0.2, 0) is 0 Å². The minimum absolute atomic E-state index is 0.145. The van der Waals surface area contributed by atoms with E-state index in [0.717, 1.165) is 31.0 Å². The van der Waals surface area contributed by atoms with Crippen LogP contribution < -0.4 is 5.32 Å². The Balaban J connectivity index is 1.85. The van der Waals surface area contributed by atoms with Crippen LogP contribution >= 0.6 is 0 Å². The highest BCUT2D eigenvalue weighted by molar-refractivity contribution is 5.20. The van der Waals surface area contributed by atoms with Gasteiger partial charge in [0.2, 0.25) is 0 Å². The fourth-order valence-electron chi connectivity index (χ4n) is 2.91. The van der Waals surface area contributed by atoms with Gasteiger partial charge in [0.15, 0.2) is 0 Å². The zero-order chi connectivity index (χ0) is 14.4. The van der Waals surface area contributed by atoms with Gasteiger partial charge < -0.3 is 10.2 Å². The maximum absolute atomic E-state index is 13.4. The van der Waals surface area contributed by atoms with Crippen molar-refractivity contribution in [3.63, 3.8) is 0 Å². The van der Waals surface area contributed by atoms with Gasteiger partial charge in [-0.2, -0.15) is 0 Å². The molecule has 0 saturated heterocycles. The van der Waals surface area contributed by atoms with Gasteiger partial charge >= 0.3 is 0 Å². The van der Waals surface area contributed by atoms with Gasteiger partial charge in [0, 0.05) is 12.6 Å². The number of hydrogen-bond donors (Lipinski definition) is 1. The second-order valence-corrected chi connectivity index (χ2v) is 6.01. The number of hydrogen-bond acceptors (Lipinski definition) is 2. The molecule has 1 aliphatic rings. The summed E-state index contributed by atoms with van der Waals surface area (Å²) in [6.07, 6.45) is 5.22. The molecular formula is C17H27FN2. The Morgan fingerprint density at radius 2 is 2.20 bits per heavy atom. The highest BCUT2D eigenvalue weighted by atomic mass is 19.1. The normalized spacial score (nSPS) is 17.2. The first-order valence-corrected chi connectivity index (χ1v) is 7.86. The molecule has 20 heavy (non-hydrogen) atoms. The first-order valence-electron chi connectivity index (χ1n) is 7.86. The summed E-state index contributed by atoms with van der Waals surface area (Å²) in [5.74, 6) is 0.764. The number of nitrogens with one attached hydrogen (secondary N) is 1. The van der Waals surface area contributed by atoms with E-state index in [1.165, 1.54) is 31.9 Å². The van der Waals surface area contributed by atoms with Crippen LogP contribution in [0.2, 0.25) is 0 Å². The molecule has 0 bridgehead atoms. The Labute approximate surface area is 122 Å². The fraction of sp³-hybridized carbons (Fsp3) is 0.647. The van der Waals surface area contributed by atoms with Gasteiger partial charge in [-0.1, -0.05) is 25.5 Å². The van der Waals surface area contributed by atoms with Crippen LogP contribution in [0.15, 0.2) is 24.3 Å². The third-order valence-corrected chi connectivity index (χ3v) is 4.30. The molecule has 1 aromatic rings. The van der Waals surface area contributed by atoms with Crippen LogP contribution in [0.25, 0.3) is 0 Å². The smallest absolute Gasteiger partial charge is 0.123 e. The second-order valence-electron chi connectivity index (χ2n) is 6.01. The number of rotatable bonds is 8. The second kappa shape index (κ2) is 7.75. The van der Waals surface area contributed by atoms with Crippen molar-refractivity contribution in [3.05, 3.63) is 35.6 Å². The Morgan fingerprint density at radius 1 is 1.40 bits per heavy atom. The molecule has 1 N–H and O–H groups in total. The number of nitrogens with zero attached hydrogens (tertiary/aromatic N) is 1. The molecule has 2 nitrogen and oxygen atoms in total. The van der Waals surface area contributed by atoms with Crippen molar-refractivity contribution in [3.8, 4) is 0 Å². The topological polar surface area (TPSA) is 15.3 Å². The lowest BCUT2D eigenvalue weighted by Crippen LogP contribution is -2.32. The summed E-state index contributed by atoms with van der Waals surface area (Å²) in [6, 6.07) is 7.23. The Morgan fingerprint density at radius 3 is 2.80 bits per heavy atom. The molecule has 1 atom stereocenters. The molecule has 0 amide bonds. The first-order chi connectivity index (χ1) is 9.69. The third kappa shape index (κ3) is 4.57. The van der Waals surface area contributed by atoms with E-state index in [9.17, 15) is 4.39 Å². The van der Waals surface area contributed by atoms with Crippen molar-refractivity contribution in [1.82, 2.24) is 10.2 Å². The summed E-state index contributed by atoms with van der Waals surface area (Å²) < 4.78 is 13.4. The quantitative estimate of drug-likeness (QED) is 0.781. The van der Waals surface area contributed by atoms with Crippen molar-refractivity contribution >= 4 is 0 Å². The predicted octanol–water partition coefficient (Wildman–Crippen LogP) is 3.60. The summed E-state index contributed by atoms with van der Waals surface area (Å²) >= 11 is 0. The van der Waals surface area contributed by atoms with Crippen LogP contribution in [0.1, 0.15) is 44.2 Å². The van der Waals surface area contributed by atoms with Gasteiger partial charge in [0.05, 0.1) is 0 Å². The highest BCUT2D eigenvalue weighted by Crippen LogP contribution is 2.27. The van der Waals surface area contributed by atoms with Crippen LogP contribution in [0.4, 0.5) is 4.39 Å². The van der Waals surface area contributed by atoms with E-state index in [4.69, 9.17) is 0 Å². The molecule has 0 heterocycles. The summed E-state index contributed by atoms with van der Waals surface area (Å²) in [7, 11) is 2.20. The van der Waals surface area contributed by atoms with E-state index in [2.05, 4.69) is 24.2 Å². The zero-order valence-electron chi connectivity index (χ0n) is 12.7. The van der Waals surface area contributed by atoms with Crippen LogP contribution in [0, 0.1) is 11.7 Å². The molecule has 1 fully saturated rings. The van der Waals surface area contributed by atoms with Gasteiger partial charge in [-0.15, -0.1) is 0 Å². The van der Waals surface area contributed by atoms with Crippen molar-refractivity contribution in [2.24, 2.45) is 5.92 Å². The minimum Gasteiger partial charge on any atom is -0.310 e. The first kappa shape index (κ1) is 15.5. The molecular weight excluding hydrogens is 251 g/mol. The van der Waals surface area contributed by atoms with Crippen LogP contribution in [-0.4, -0.2) is 31.6 Å². The molecule has 112 valence electrons. The Hall–Kier alpha value is -0.930. The van der Waals surface area contributed by atoms with E-state index >= 15 is 0 Å². The predicted molar refractivity (Wildman–Crippen MR) is 82.3 cm³/mol. The third-order valence-electron chi connectivity index (χ3n) is 4.30. The zero-order valence-corrected chi connectivity index (χ0v) is 12.7. The largest absolute Gasteiger partial charge is 0.310 e. The molecule has 1 saturated carbocycles. The van der Waals surface area contributed by atoms with E-state index in [1.54, 1.807) is 12.1 Å². The fourth-order valence-corrected chi connectivity index (χ4v) is 2.91. The Kier molecular flexibility index (Phi) is 5.99. The van der Waals surface area contributed by atoms with Crippen molar-refractivity contribution in [2.45, 2.75) is 38.6 Å². The SMILES string of the molecule is CCNC(CCN(C)CC1CCC1)c1cccc(F)c1. The summed E-state index contributed by atoms with van der Waals surface area (Å²) in [6.45, 7) is 5.28. The Bertz CT molecular complexity index is 404. The lowest BCUT2D eigenvalue weighted by atomic mass is 9.85.